The summed E-state index contributed by atoms with van der Waals surface area (Å²) in [4.78, 5) is 12.5. The molecule has 3 fully saturated rings. The molecule has 186 valence electrons. The average Bonchev–Trinajstić information content (AvgIpc) is 3.38. The number of halogens is 1. The molecule has 33 heavy (non-hydrogen) atoms. The van der Waals surface area contributed by atoms with Crippen LogP contribution >= 0.6 is 24.0 Å². The van der Waals surface area contributed by atoms with Crippen molar-refractivity contribution in [2.45, 2.75) is 44.9 Å². The molecule has 4 rings (SSSR count). The molecule has 2 atom stereocenters. The van der Waals surface area contributed by atoms with E-state index in [2.05, 4.69) is 57.3 Å². The summed E-state index contributed by atoms with van der Waals surface area (Å²) in [7, 11) is 0. The molecule has 0 aromatic heterocycles. The highest BCUT2D eigenvalue weighted by Crippen LogP contribution is 2.21. The summed E-state index contributed by atoms with van der Waals surface area (Å²) in [5.41, 5.74) is 1.41. The minimum Gasteiger partial charge on any atom is -0.375 e. The molecule has 3 aliphatic rings. The van der Waals surface area contributed by atoms with Crippen LogP contribution < -0.4 is 5.32 Å². The number of benzene rings is 1. The largest absolute Gasteiger partial charge is 0.375 e. The Morgan fingerprint density at radius 2 is 1.76 bits per heavy atom. The Bertz CT molecular complexity index is 693. The number of piperazine rings is 1. The van der Waals surface area contributed by atoms with Crippen LogP contribution in [0.2, 0.25) is 0 Å². The van der Waals surface area contributed by atoms with E-state index in [1.165, 1.54) is 5.56 Å². The van der Waals surface area contributed by atoms with E-state index < -0.39 is 0 Å². The summed E-state index contributed by atoms with van der Waals surface area (Å²) < 4.78 is 11.9. The molecule has 1 N–H and O–H groups in total. The molecule has 7 nitrogen and oxygen atoms in total. The van der Waals surface area contributed by atoms with Crippen molar-refractivity contribution in [2.24, 2.45) is 4.99 Å². The Labute approximate surface area is 216 Å². The van der Waals surface area contributed by atoms with Crippen molar-refractivity contribution in [3.63, 3.8) is 0 Å². The van der Waals surface area contributed by atoms with Crippen molar-refractivity contribution in [3.05, 3.63) is 35.9 Å². The molecule has 0 aliphatic carbocycles. The SMILES string of the molecule is CCNC(=NCCCN1CCN(Cc2ccccc2)CC1)N1CCOC(C2CCCO2)C1.I. The zero-order valence-corrected chi connectivity index (χ0v) is 22.5. The van der Waals surface area contributed by atoms with Crippen molar-refractivity contribution in [1.82, 2.24) is 20.0 Å². The first-order valence-electron chi connectivity index (χ1n) is 12.6. The van der Waals surface area contributed by atoms with Gasteiger partial charge in [-0.3, -0.25) is 9.89 Å². The molecule has 8 heteroatoms. The quantitative estimate of drug-likeness (QED) is 0.224. The molecule has 1 aromatic carbocycles. The van der Waals surface area contributed by atoms with Crippen LogP contribution in [0.4, 0.5) is 0 Å². The predicted molar refractivity (Wildman–Crippen MR) is 144 cm³/mol. The molecule has 0 saturated carbocycles. The molecular weight excluding hydrogens is 529 g/mol. The van der Waals surface area contributed by atoms with Gasteiger partial charge in [0.1, 0.15) is 6.10 Å². The number of hydrogen-bond donors (Lipinski definition) is 1. The second-order valence-electron chi connectivity index (χ2n) is 9.10. The van der Waals surface area contributed by atoms with Crippen LogP contribution in [0.5, 0.6) is 0 Å². The Morgan fingerprint density at radius 1 is 1.00 bits per heavy atom. The van der Waals surface area contributed by atoms with Crippen molar-refractivity contribution < 1.29 is 9.47 Å². The number of rotatable bonds is 8. The number of guanidine groups is 1. The minimum absolute atomic E-state index is 0. The zero-order chi connectivity index (χ0) is 22.0. The van der Waals surface area contributed by atoms with Gasteiger partial charge in [-0.05, 0) is 31.7 Å². The molecule has 0 bridgehead atoms. The minimum atomic E-state index is 0. The van der Waals surface area contributed by atoms with Crippen LogP contribution in [-0.2, 0) is 16.0 Å². The van der Waals surface area contributed by atoms with Crippen LogP contribution in [0.1, 0.15) is 31.7 Å². The van der Waals surface area contributed by atoms with E-state index in [1.807, 2.05) is 0 Å². The van der Waals surface area contributed by atoms with E-state index in [0.717, 1.165) is 104 Å². The fraction of sp³-hybridized carbons (Fsp3) is 0.720. The van der Waals surface area contributed by atoms with Gasteiger partial charge in [-0.2, -0.15) is 0 Å². The lowest BCUT2D eigenvalue weighted by Gasteiger charge is -2.37. The van der Waals surface area contributed by atoms with Crippen molar-refractivity contribution in [3.8, 4) is 0 Å². The van der Waals surface area contributed by atoms with Crippen molar-refractivity contribution in [2.75, 3.05) is 72.1 Å². The second-order valence-corrected chi connectivity index (χ2v) is 9.10. The van der Waals surface area contributed by atoms with Crippen molar-refractivity contribution >= 4 is 29.9 Å². The predicted octanol–water partition coefficient (Wildman–Crippen LogP) is 2.66. The molecule has 0 spiro atoms. The third-order valence-corrected chi connectivity index (χ3v) is 6.72. The Kier molecular flexibility index (Phi) is 11.7. The monoisotopic (exact) mass is 571 g/mol. The van der Waals surface area contributed by atoms with Gasteiger partial charge >= 0.3 is 0 Å². The number of ether oxygens (including phenoxy) is 2. The lowest BCUT2D eigenvalue weighted by Crippen LogP contribution is -2.53. The third kappa shape index (κ3) is 8.35. The Morgan fingerprint density at radius 3 is 2.48 bits per heavy atom. The van der Waals surface area contributed by atoms with Gasteiger partial charge in [-0.25, -0.2) is 0 Å². The number of hydrogen-bond acceptors (Lipinski definition) is 5. The molecule has 0 radical (unpaired) electrons. The van der Waals surface area contributed by atoms with Crippen LogP contribution in [0.25, 0.3) is 0 Å². The fourth-order valence-electron chi connectivity index (χ4n) is 4.91. The van der Waals surface area contributed by atoms with E-state index in [9.17, 15) is 0 Å². The van der Waals surface area contributed by atoms with Gasteiger partial charge in [-0.15, -0.1) is 24.0 Å². The lowest BCUT2D eigenvalue weighted by molar-refractivity contribution is -0.0817. The van der Waals surface area contributed by atoms with Gasteiger partial charge in [0.2, 0.25) is 0 Å². The van der Waals surface area contributed by atoms with Crippen LogP contribution in [-0.4, -0.2) is 105 Å². The first-order chi connectivity index (χ1) is 15.8. The van der Waals surface area contributed by atoms with Gasteiger partial charge in [0.15, 0.2) is 5.96 Å². The van der Waals surface area contributed by atoms with E-state index in [1.54, 1.807) is 0 Å². The highest BCUT2D eigenvalue weighted by atomic mass is 127. The first-order valence-corrected chi connectivity index (χ1v) is 12.6. The lowest BCUT2D eigenvalue weighted by atomic mass is 10.1. The van der Waals surface area contributed by atoms with Crippen LogP contribution in [0.15, 0.2) is 35.3 Å². The Balaban J connectivity index is 0.00000306. The summed E-state index contributed by atoms with van der Waals surface area (Å²) in [5, 5.41) is 3.49. The molecule has 3 heterocycles. The fourth-order valence-corrected chi connectivity index (χ4v) is 4.91. The topological polar surface area (TPSA) is 52.6 Å². The maximum atomic E-state index is 6.01. The highest BCUT2D eigenvalue weighted by molar-refractivity contribution is 14.0. The van der Waals surface area contributed by atoms with E-state index >= 15 is 0 Å². The third-order valence-electron chi connectivity index (χ3n) is 6.72. The summed E-state index contributed by atoms with van der Waals surface area (Å²) in [5.74, 6) is 1.03. The van der Waals surface area contributed by atoms with Crippen molar-refractivity contribution in [1.29, 1.82) is 0 Å². The highest BCUT2D eigenvalue weighted by Gasteiger charge is 2.32. The molecular formula is C25H42IN5O2. The summed E-state index contributed by atoms with van der Waals surface area (Å²) in [6.07, 6.45) is 3.79. The van der Waals surface area contributed by atoms with Gasteiger partial charge in [0, 0.05) is 72.1 Å². The van der Waals surface area contributed by atoms with E-state index in [0.29, 0.717) is 0 Å². The molecule has 2 unspecified atom stereocenters. The van der Waals surface area contributed by atoms with Gasteiger partial charge in [0.05, 0.1) is 12.7 Å². The van der Waals surface area contributed by atoms with E-state index in [-0.39, 0.29) is 36.2 Å². The van der Waals surface area contributed by atoms with E-state index in [4.69, 9.17) is 14.5 Å². The normalized spacial score (nSPS) is 25.1. The summed E-state index contributed by atoms with van der Waals surface area (Å²) in [6.45, 7) is 14.1. The molecule has 1 aromatic rings. The maximum Gasteiger partial charge on any atom is 0.194 e. The second kappa shape index (κ2) is 14.5. The maximum absolute atomic E-state index is 6.01. The van der Waals surface area contributed by atoms with Gasteiger partial charge < -0.3 is 24.6 Å². The number of morpholine rings is 1. The molecule has 3 aliphatic heterocycles. The Hall–Kier alpha value is -0.940. The zero-order valence-electron chi connectivity index (χ0n) is 20.2. The van der Waals surface area contributed by atoms with Gasteiger partial charge in [-0.1, -0.05) is 30.3 Å². The average molecular weight is 572 g/mol. The first kappa shape index (κ1) is 26.7. The van der Waals surface area contributed by atoms with Crippen LogP contribution in [0.3, 0.4) is 0 Å². The van der Waals surface area contributed by atoms with Gasteiger partial charge in [0.25, 0.3) is 0 Å². The summed E-state index contributed by atoms with van der Waals surface area (Å²) in [6, 6.07) is 10.8. The standard InChI is InChI=1S/C25H41N5O2.HI/c1-2-26-25(30-17-19-32-24(21-30)23-10-6-18-31-23)27-11-7-12-28-13-15-29(16-14-28)20-22-8-4-3-5-9-22;/h3-5,8-9,23-24H,2,6-7,10-21H2,1H3,(H,26,27);1H. The summed E-state index contributed by atoms with van der Waals surface area (Å²) >= 11 is 0. The number of aliphatic imine (C=N–C) groups is 1. The molecule has 0 amide bonds. The smallest absolute Gasteiger partial charge is 0.194 e. The van der Waals surface area contributed by atoms with Crippen LogP contribution in [0, 0.1) is 0 Å². The number of nitrogens with zero attached hydrogens (tertiary/aromatic N) is 4. The molecule has 3 saturated heterocycles. The number of nitrogens with one attached hydrogen (secondary N) is 1.